The highest BCUT2D eigenvalue weighted by Gasteiger charge is 2.23. The van der Waals surface area contributed by atoms with Crippen LogP contribution < -0.4 is 0 Å². The van der Waals surface area contributed by atoms with E-state index in [2.05, 4.69) is 4.98 Å². The summed E-state index contributed by atoms with van der Waals surface area (Å²) < 4.78 is 2.01. The Morgan fingerprint density at radius 1 is 1.32 bits per heavy atom. The Labute approximate surface area is 112 Å². The van der Waals surface area contributed by atoms with E-state index in [1.54, 1.807) is 0 Å². The monoisotopic (exact) mass is 255 g/mol. The fourth-order valence-corrected chi connectivity index (χ4v) is 2.51. The highest BCUT2D eigenvalue weighted by molar-refractivity contribution is 5.79. The molecule has 1 aliphatic heterocycles. The quantitative estimate of drug-likeness (QED) is 0.816. The molecule has 0 fully saturated rings. The van der Waals surface area contributed by atoms with E-state index < -0.39 is 0 Å². The molecule has 0 saturated heterocycles. The summed E-state index contributed by atoms with van der Waals surface area (Å²) in [5.74, 6) is 0.193. The molecule has 0 aliphatic carbocycles. The zero-order chi connectivity index (χ0) is 13.2. The van der Waals surface area contributed by atoms with Crippen molar-refractivity contribution >= 4 is 5.91 Å². The Morgan fingerprint density at radius 2 is 2.11 bits per heavy atom. The van der Waals surface area contributed by atoms with Crippen molar-refractivity contribution in [3.63, 3.8) is 0 Å². The molecule has 1 aliphatic rings. The minimum Gasteiger partial charge on any atom is -0.336 e. The summed E-state index contributed by atoms with van der Waals surface area (Å²) in [5.41, 5.74) is 3.36. The number of aromatic nitrogens is 2. The molecule has 0 unspecified atom stereocenters. The van der Waals surface area contributed by atoms with Gasteiger partial charge in [0.2, 0.25) is 5.91 Å². The number of hydrogen-bond donors (Lipinski definition) is 0. The van der Waals surface area contributed by atoms with Crippen LogP contribution in [0.4, 0.5) is 0 Å². The Morgan fingerprint density at radius 3 is 2.89 bits per heavy atom. The van der Waals surface area contributed by atoms with Gasteiger partial charge in [-0.05, 0) is 5.56 Å². The van der Waals surface area contributed by atoms with Gasteiger partial charge in [0.25, 0.3) is 0 Å². The molecule has 1 amide bonds. The summed E-state index contributed by atoms with van der Waals surface area (Å²) >= 11 is 0. The number of benzene rings is 1. The largest absolute Gasteiger partial charge is 0.336 e. The molecule has 2 heterocycles. The Hall–Kier alpha value is -2.10. The third-order valence-corrected chi connectivity index (χ3v) is 3.66. The van der Waals surface area contributed by atoms with Crippen LogP contribution in [0.3, 0.4) is 0 Å². The van der Waals surface area contributed by atoms with Crippen LogP contribution in [-0.4, -0.2) is 26.9 Å². The van der Waals surface area contributed by atoms with Gasteiger partial charge in [-0.2, -0.15) is 0 Å². The van der Waals surface area contributed by atoms with Crippen molar-refractivity contribution in [2.75, 3.05) is 6.54 Å². The number of fused-ring (bicyclic) bond motifs is 1. The lowest BCUT2D eigenvalue weighted by Gasteiger charge is -2.27. The van der Waals surface area contributed by atoms with E-state index in [-0.39, 0.29) is 5.91 Å². The number of carbonyl (C=O) groups is 1. The van der Waals surface area contributed by atoms with Crippen LogP contribution in [0.15, 0.2) is 36.7 Å². The number of imidazole rings is 1. The van der Waals surface area contributed by atoms with Crippen molar-refractivity contribution in [3.05, 3.63) is 53.6 Å². The molecule has 0 N–H and O–H groups in total. The first-order chi connectivity index (χ1) is 9.24. The van der Waals surface area contributed by atoms with Gasteiger partial charge in [-0.3, -0.25) is 4.79 Å². The van der Waals surface area contributed by atoms with E-state index in [1.165, 1.54) is 0 Å². The smallest absolute Gasteiger partial charge is 0.227 e. The topological polar surface area (TPSA) is 38.1 Å². The zero-order valence-electron chi connectivity index (χ0n) is 11.0. The summed E-state index contributed by atoms with van der Waals surface area (Å²) in [5, 5.41) is 0. The van der Waals surface area contributed by atoms with E-state index >= 15 is 0 Å². The van der Waals surface area contributed by atoms with Gasteiger partial charge >= 0.3 is 0 Å². The first kappa shape index (κ1) is 12.0. The van der Waals surface area contributed by atoms with Gasteiger partial charge < -0.3 is 9.47 Å². The first-order valence-corrected chi connectivity index (χ1v) is 6.55. The molecule has 98 valence electrons. The number of aryl methyl sites for hydroxylation is 1. The van der Waals surface area contributed by atoms with Crippen LogP contribution in [-0.2, 0) is 31.2 Å². The second-order valence-corrected chi connectivity index (χ2v) is 4.98. The van der Waals surface area contributed by atoms with Crippen molar-refractivity contribution in [1.82, 2.24) is 14.5 Å². The molecule has 4 nitrogen and oxygen atoms in total. The Bertz CT molecular complexity index is 589. The molecule has 4 heteroatoms. The fraction of sp³-hybridized carbons (Fsp3) is 0.333. The first-order valence-electron chi connectivity index (χ1n) is 6.55. The second-order valence-electron chi connectivity index (χ2n) is 4.98. The van der Waals surface area contributed by atoms with Crippen LogP contribution >= 0.6 is 0 Å². The van der Waals surface area contributed by atoms with Gasteiger partial charge in [0.05, 0.1) is 30.7 Å². The molecule has 0 atom stereocenters. The van der Waals surface area contributed by atoms with E-state index in [4.69, 9.17) is 0 Å². The van der Waals surface area contributed by atoms with Gasteiger partial charge in [0, 0.05) is 20.0 Å². The summed E-state index contributed by atoms with van der Waals surface area (Å²) in [7, 11) is 1.98. The molecule has 1 aromatic heterocycles. The predicted octanol–water partition coefficient (Wildman–Crippen LogP) is 1.55. The van der Waals surface area contributed by atoms with Gasteiger partial charge in [0.15, 0.2) is 0 Å². The lowest BCUT2D eigenvalue weighted by Crippen LogP contribution is -2.37. The minimum absolute atomic E-state index is 0.193. The lowest BCUT2D eigenvalue weighted by molar-refractivity contribution is -0.131. The van der Waals surface area contributed by atoms with Gasteiger partial charge in [-0.15, -0.1) is 0 Å². The fourth-order valence-electron chi connectivity index (χ4n) is 2.51. The van der Waals surface area contributed by atoms with Gasteiger partial charge in [-0.25, -0.2) is 4.98 Å². The number of amides is 1. The van der Waals surface area contributed by atoms with Crippen molar-refractivity contribution in [2.24, 2.45) is 7.05 Å². The van der Waals surface area contributed by atoms with Crippen molar-refractivity contribution in [2.45, 2.75) is 19.4 Å². The molecule has 19 heavy (non-hydrogen) atoms. The predicted molar refractivity (Wildman–Crippen MR) is 72.5 cm³/mol. The van der Waals surface area contributed by atoms with Crippen molar-refractivity contribution in [1.29, 1.82) is 0 Å². The third kappa shape index (κ3) is 2.38. The summed E-state index contributed by atoms with van der Waals surface area (Å²) in [6, 6.07) is 9.90. The maximum atomic E-state index is 12.3. The third-order valence-electron chi connectivity index (χ3n) is 3.66. The van der Waals surface area contributed by atoms with Crippen LogP contribution in [0.5, 0.6) is 0 Å². The van der Waals surface area contributed by atoms with E-state index in [9.17, 15) is 4.79 Å². The van der Waals surface area contributed by atoms with Crippen LogP contribution in [0.1, 0.15) is 17.0 Å². The molecule has 0 spiro atoms. The SMILES string of the molecule is Cn1cnc2c1CN(C(=O)Cc1ccccc1)CC2. The molecule has 3 rings (SSSR count). The Balaban J connectivity index is 1.71. The van der Waals surface area contributed by atoms with Crippen LogP contribution in [0.2, 0.25) is 0 Å². The maximum Gasteiger partial charge on any atom is 0.227 e. The van der Waals surface area contributed by atoms with Gasteiger partial charge in [0.1, 0.15) is 0 Å². The second kappa shape index (κ2) is 4.88. The zero-order valence-corrected chi connectivity index (χ0v) is 11.0. The average Bonchev–Trinajstić information content (AvgIpc) is 2.81. The highest BCUT2D eigenvalue weighted by atomic mass is 16.2. The molecule has 2 aromatic rings. The van der Waals surface area contributed by atoms with E-state index in [1.807, 2.05) is 53.2 Å². The van der Waals surface area contributed by atoms with E-state index in [0.717, 1.165) is 29.9 Å². The molecule has 1 aromatic carbocycles. The van der Waals surface area contributed by atoms with Crippen LogP contribution in [0.25, 0.3) is 0 Å². The number of rotatable bonds is 2. The minimum atomic E-state index is 0.193. The molecule has 0 bridgehead atoms. The Kier molecular flexibility index (Phi) is 3.07. The summed E-state index contributed by atoms with van der Waals surface area (Å²) in [6.07, 6.45) is 3.17. The molecule has 0 radical (unpaired) electrons. The van der Waals surface area contributed by atoms with Gasteiger partial charge in [-0.1, -0.05) is 30.3 Å². The number of hydrogen-bond acceptors (Lipinski definition) is 2. The standard InChI is InChI=1S/C15H17N3O/c1-17-11-16-13-7-8-18(10-14(13)17)15(19)9-12-5-3-2-4-6-12/h2-6,11H,7-10H2,1H3. The number of carbonyl (C=O) groups excluding carboxylic acids is 1. The van der Waals surface area contributed by atoms with Crippen LogP contribution in [0, 0.1) is 0 Å². The highest BCUT2D eigenvalue weighted by Crippen LogP contribution is 2.17. The average molecular weight is 255 g/mol. The summed E-state index contributed by atoms with van der Waals surface area (Å²) in [4.78, 5) is 18.6. The van der Waals surface area contributed by atoms with Crippen molar-refractivity contribution < 1.29 is 4.79 Å². The molecular formula is C15H17N3O. The summed E-state index contributed by atoms with van der Waals surface area (Å²) in [6.45, 7) is 1.45. The molecular weight excluding hydrogens is 238 g/mol. The lowest BCUT2D eigenvalue weighted by atomic mass is 10.1. The molecule has 0 saturated carbocycles. The van der Waals surface area contributed by atoms with E-state index in [0.29, 0.717) is 13.0 Å². The van der Waals surface area contributed by atoms with Crippen molar-refractivity contribution in [3.8, 4) is 0 Å². The number of nitrogens with zero attached hydrogens (tertiary/aromatic N) is 3. The maximum absolute atomic E-state index is 12.3. The normalized spacial score (nSPS) is 14.3.